The van der Waals surface area contributed by atoms with Crippen molar-refractivity contribution in [3.05, 3.63) is 53.7 Å². The van der Waals surface area contributed by atoms with Crippen molar-refractivity contribution in [1.82, 2.24) is 9.88 Å². The summed E-state index contributed by atoms with van der Waals surface area (Å²) in [4.78, 5) is 32.4. The molecule has 0 atom stereocenters. The first kappa shape index (κ1) is 21.5. The van der Waals surface area contributed by atoms with Crippen molar-refractivity contribution in [1.29, 1.82) is 0 Å². The molecule has 160 valence electrons. The molecule has 1 fully saturated rings. The smallest absolute Gasteiger partial charge is 0.339 e. The lowest BCUT2D eigenvalue weighted by Gasteiger charge is -2.23. The maximum Gasteiger partial charge on any atom is 0.339 e. The standard InChI is InChI=1S/C21H24F2N4O3/c1-2-30-20(28)16-7-8-18(24-14-16)26-9-4-10-27(12-11-26)21(29)25-17-6-3-5-15(13-17)19(22)23/h3,5-8,13-14,19H,2,4,9-12H2,1H3,(H,25,29). The van der Waals surface area contributed by atoms with Crippen LogP contribution in [0.2, 0.25) is 0 Å². The second kappa shape index (κ2) is 10.00. The van der Waals surface area contributed by atoms with Crippen molar-refractivity contribution >= 4 is 23.5 Å². The first-order valence-corrected chi connectivity index (χ1v) is 9.80. The van der Waals surface area contributed by atoms with Gasteiger partial charge in [0.1, 0.15) is 5.82 Å². The average molecular weight is 418 g/mol. The number of hydrogen-bond donors (Lipinski definition) is 1. The van der Waals surface area contributed by atoms with Gasteiger partial charge in [0.05, 0.1) is 12.2 Å². The molecule has 30 heavy (non-hydrogen) atoms. The first-order chi connectivity index (χ1) is 14.5. The van der Waals surface area contributed by atoms with Crippen molar-refractivity contribution in [3.63, 3.8) is 0 Å². The quantitative estimate of drug-likeness (QED) is 0.745. The summed E-state index contributed by atoms with van der Waals surface area (Å²) < 4.78 is 30.6. The lowest BCUT2D eigenvalue weighted by molar-refractivity contribution is 0.0526. The van der Waals surface area contributed by atoms with E-state index in [2.05, 4.69) is 10.3 Å². The summed E-state index contributed by atoms with van der Waals surface area (Å²) in [5.74, 6) is 0.307. The molecule has 0 spiro atoms. The molecule has 1 saturated heterocycles. The highest BCUT2D eigenvalue weighted by molar-refractivity contribution is 5.90. The number of esters is 1. The highest BCUT2D eigenvalue weighted by Crippen LogP contribution is 2.22. The van der Waals surface area contributed by atoms with Gasteiger partial charge in [0.2, 0.25) is 0 Å². The van der Waals surface area contributed by atoms with E-state index >= 15 is 0 Å². The molecule has 1 aliphatic heterocycles. The summed E-state index contributed by atoms with van der Waals surface area (Å²) in [6.45, 7) is 4.32. The molecule has 0 bridgehead atoms. The Bertz CT molecular complexity index is 877. The second-order valence-electron chi connectivity index (χ2n) is 6.81. The second-order valence-corrected chi connectivity index (χ2v) is 6.81. The number of benzene rings is 1. The van der Waals surface area contributed by atoms with Crippen molar-refractivity contribution in [2.24, 2.45) is 0 Å². The molecular formula is C21H24F2N4O3. The van der Waals surface area contributed by atoms with Gasteiger partial charge in [-0.3, -0.25) is 0 Å². The van der Waals surface area contributed by atoms with Gasteiger partial charge in [0.15, 0.2) is 0 Å². The topological polar surface area (TPSA) is 74.8 Å². The number of anilines is 2. The van der Waals surface area contributed by atoms with Crippen LogP contribution in [0.3, 0.4) is 0 Å². The summed E-state index contributed by atoms with van der Waals surface area (Å²) in [6.07, 6.45) is -0.374. The summed E-state index contributed by atoms with van der Waals surface area (Å²) >= 11 is 0. The Labute approximate surface area is 173 Å². The van der Waals surface area contributed by atoms with Crippen LogP contribution in [-0.4, -0.2) is 54.7 Å². The average Bonchev–Trinajstić information content (AvgIpc) is 3.00. The Morgan fingerprint density at radius 3 is 2.70 bits per heavy atom. The Morgan fingerprint density at radius 1 is 1.17 bits per heavy atom. The fourth-order valence-corrected chi connectivity index (χ4v) is 3.21. The Hall–Kier alpha value is -3.23. The van der Waals surface area contributed by atoms with E-state index < -0.39 is 12.4 Å². The summed E-state index contributed by atoms with van der Waals surface area (Å²) in [6, 6.07) is 8.79. The minimum atomic E-state index is -2.59. The number of carbonyl (C=O) groups is 2. The van der Waals surface area contributed by atoms with Crippen LogP contribution in [-0.2, 0) is 4.74 Å². The fraction of sp³-hybridized carbons (Fsp3) is 0.381. The van der Waals surface area contributed by atoms with Crippen molar-refractivity contribution in [2.75, 3.05) is 43.0 Å². The molecule has 9 heteroatoms. The first-order valence-electron chi connectivity index (χ1n) is 9.80. The van der Waals surface area contributed by atoms with Gasteiger partial charge < -0.3 is 19.9 Å². The Morgan fingerprint density at radius 2 is 2.00 bits per heavy atom. The number of aromatic nitrogens is 1. The monoisotopic (exact) mass is 418 g/mol. The van der Waals surface area contributed by atoms with Gasteiger partial charge in [-0.2, -0.15) is 0 Å². The number of hydrogen-bond acceptors (Lipinski definition) is 5. The number of urea groups is 1. The van der Waals surface area contributed by atoms with Crippen LogP contribution >= 0.6 is 0 Å². The van der Waals surface area contributed by atoms with E-state index in [0.29, 0.717) is 44.0 Å². The molecule has 1 aromatic heterocycles. The van der Waals surface area contributed by atoms with E-state index in [1.807, 2.05) is 4.90 Å². The normalized spacial score (nSPS) is 14.4. The van der Waals surface area contributed by atoms with E-state index in [1.165, 1.54) is 24.4 Å². The summed E-state index contributed by atoms with van der Waals surface area (Å²) in [5, 5.41) is 2.69. The molecule has 1 aromatic carbocycles. The molecule has 0 radical (unpaired) electrons. The van der Waals surface area contributed by atoms with Gasteiger partial charge >= 0.3 is 12.0 Å². The SMILES string of the molecule is CCOC(=O)c1ccc(N2CCCN(C(=O)Nc3cccc(C(F)F)c3)CC2)nc1. The third kappa shape index (κ3) is 5.43. The van der Waals surface area contributed by atoms with Crippen molar-refractivity contribution in [2.45, 2.75) is 19.8 Å². The van der Waals surface area contributed by atoms with E-state index in [0.717, 1.165) is 12.2 Å². The molecule has 2 aromatic rings. The number of nitrogens with one attached hydrogen (secondary N) is 1. The number of amides is 2. The molecule has 7 nitrogen and oxygen atoms in total. The third-order valence-corrected chi connectivity index (χ3v) is 4.76. The lowest BCUT2D eigenvalue weighted by Crippen LogP contribution is -2.38. The van der Waals surface area contributed by atoms with Crippen LogP contribution in [0.1, 0.15) is 35.7 Å². The minimum absolute atomic E-state index is 0.132. The Kier molecular flexibility index (Phi) is 7.16. The predicted molar refractivity (Wildman–Crippen MR) is 109 cm³/mol. The highest BCUT2D eigenvalue weighted by atomic mass is 19.3. The molecule has 0 aliphatic carbocycles. The number of nitrogens with zero attached hydrogens (tertiary/aromatic N) is 3. The van der Waals surface area contributed by atoms with Gasteiger partial charge in [-0.25, -0.2) is 23.4 Å². The third-order valence-electron chi connectivity index (χ3n) is 4.76. The molecule has 1 N–H and O–H groups in total. The zero-order chi connectivity index (χ0) is 21.5. The maximum absolute atomic E-state index is 12.8. The van der Waals surface area contributed by atoms with Crippen LogP contribution in [0.25, 0.3) is 0 Å². The zero-order valence-corrected chi connectivity index (χ0v) is 16.7. The van der Waals surface area contributed by atoms with E-state index in [4.69, 9.17) is 4.74 Å². The fourth-order valence-electron chi connectivity index (χ4n) is 3.21. The van der Waals surface area contributed by atoms with Crippen LogP contribution < -0.4 is 10.2 Å². The number of halogens is 2. The number of alkyl halides is 2. The van der Waals surface area contributed by atoms with Crippen LogP contribution in [0.4, 0.5) is 25.1 Å². The molecule has 0 unspecified atom stereocenters. The van der Waals surface area contributed by atoms with Crippen molar-refractivity contribution < 1.29 is 23.1 Å². The number of carbonyl (C=O) groups excluding carboxylic acids is 2. The molecule has 1 aliphatic rings. The molecule has 2 heterocycles. The largest absolute Gasteiger partial charge is 0.462 e. The lowest BCUT2D eigenvalue weighted by atomic mass is 10.2. The van der Waals surface area contributed by atoms with Crippen LogP contribution in [0.5, 0.6) is 0 Å². The predicted octanol–water partition coefficient (Wildman–Crippen LogP) is 3.94. The molecule has 0 saturated carbocycles. The van der Waals surface area contributed by atoms with Gasteiger partial charge in [-0.1, -0.05) is 12.1 Å². The van der Waals surface area contributed by atoms with E-state index in [9.17, 15) is 18.4 Å². The van der Waals surface area contributed by atoms with Gasteiger partial charge in [-0.15, -0.1) is 0 Å². The number of pyridine rings is 1. The minimum Gasteiger partial charge on any atom is -0.462 e. The zero-order valence-electron chi connectivity index (χ0n) is 16.7. The molecular weight excluding hydrogens is 394 g/mol. The number of ether oxygens (including phenoxy) is 1. The van der Waals surface area contributed by atoms with Gasteiger partial charge in [0.25, 0.3) is 6.43 Å². The summed E-state index contributed by atoms with van der Waals surface area (Å²) in [5.41, 5.74) is 0.602. The number of rotatable bonds is 5. The van der Waals surface area contributed by atoms with Crippen LogP contribution in [0, 0.1) is 0 Å². The van der Waals surface area contributed by atoms with E-state index in [-0.39, 0.29) is 11.6 Å². The van der Waals surface area contributed by atoms with Gasteiger partial charge in [-0.05, 0) is 37.6 Å². The van der Waals surface area contributed by atoms with E-state index in [1.54, 1.807) is 30.0 Å². The Balaban J connectivity index is 1.58. The molecule has 3 rings (SSSR count). The summed E-state index contributed by atoms with van der Waals surface area (Å²) in [7, 11) is 0. The van der Waals surface area contributed by atoms with Crippen LogP contribution in [0.15, 0.2) is 42.6 Å². The maximum atomic E-state index is 12.8. The highest BCUT2D eigenvalue weighted by Gasteiger charge is 2.20. The van der Waals surface area contributed by atoms with Crippen molar-refractivity contribution in [3.8, 4) is 0 Å². The molecule has 2 amide bonds. The van der Waals surface area contributed by atoms with Gasteiger partial charge in [0, 0.05) is 43.6 Å².